The monoisotopic (exact) mass is 637 g/mol. The molecular weight excluding hydrogens is 611 g/mol. The van der Waals surface area contributed by atoms with Crippen LogP contribution in [0.4, 0.5) is 17.1 Å². The Morgan fingerprint density at radius 1 is 0.521 bits per heavy atom. The van der Waals surface area contributed by atoms with E-state index < -0.39 is 10.8 Å². The van der Waals surface area contributed by atoms with Crippen molar-refractivity contribution in [3.05, 3.63) is 174 Å². The molecule has 2 aromatic heterocycles. The van der Waals surface area contributed by atoms with Crippen LogP contribution in [0, 0.1) is 0 Å². The van der Waals surface area contributed by atoms with Gasteiger partial charge in [0.15, 0.2) is 5.43 Å². The molecule has 9 rings (SSSR count). The Labute approximate surface area is 279 Å². The Morgan fingerprint density at radius 3 is 1.69 bits per heavy atom. The van der Waals surface area contributed by atoms with Crippen molar-refractivity contribution >= 4 is 49.7 Å². The zero-order valence-electron chi connectivity index (χ0n) is 25.7. The fourth-order valence-electron chi connectivity index (χ4n) is 6.75. The van der Waals surface area contributed by atoms with E-state index in [0.717, 1.165) is 50.5 Å². The lowest BCUT2D eigenvalue weighted by molar-refractivity contribution is 0.681. The van der Waals surface area contributed by atoms with E-state index in [1.807, 2.05) is 72.8 Å². The lowest BCUT2D eigenvalue weighted by atomic mass is 10.0. The van der Waals surface area contributed by atoms with Gasteiger partial charge in [-0.05, 0) is 76.9 Å². The molecule has 1 aliphatic heterocycles. The fraction of sp³-hybridized carbons (Fsp3) is 0. The molecule has 0 N–H and O–H groups in total. The van der Waals surface area contributed by atoms with Crippen LogP contribution in [0.15, 0.2) is 179 Å². The molecule has 1 unspecified atom stereocenters. The van der Waals surface area contributed by atoms with Crippen LogP contribution in [-0.2, 0) is 10.8 Å². The zero-order chi connectivity index (χ0) is 32.2. The first kappa shape index (κ1) is 28.1. The molecule has 8 aromatic rings. The van der Waals surface area contributed by atoms with E-state index in [9.17, 15) is 9.00 Å². The number of para-hydroxylation sites is 1. The van der Waals surface area contributed by atoms with Crippen LogP contribution in [0.1, 0.15) is 0 Å². The summed E-state index contributed by atoms with van der Waals surface area (Å²) < 4.78 is 15.6. The van der Waals surface area contributed by atoms with E-state index in [0.29, 0.717) is 26.1 Å². The minimum Gasteiger partial charge on any atom is -0.310 e. The Balaban J connectivity index is 1.25. The summed E-state index contributed by atoms with van der Waals surface area (Å²) in [4.78, 5) is 22.0. The number of nitrogens with zero attached hydrogens (tertiary/aromatic N) is 3. The topological polar surface area (TPSA) is 55.2 Å². The number of pyridine rings is 2. The SMILES string of the molecule is O=c1c2cc(N(c3ccc(-c4ccccc4)cc3)c3ccc(-c4ccccc4)cc3)ccc2n2c3c(cncc13)S(=O)c1ccccc1-2. The molecule has 0 amide bonds. The molecule has 0 bridgehead atoms. The first-order valence-corrected chi connectivity index (χ1v) is 16.9. The van der Waals surface area contributed by atoms with Crippen molar-refractivity contribution in [3.63, 3.8) is 0 Å². The largest absolute Gasteiger partial charge is 0.310 e. The standard InChI is InChI=1S/C42H27N3O2S/c46-42-35-25-34(23-24-37(35)45-38-13-7-8-14-39(38)48(47)40-27-43-26-36(42)41(40)45)44(32-19-15-30(16-20-32)28-9-3-1-4-10-28)33-21-17-31(18-22-33)29-11-5-2-6-12-29/h1-27H. The molecule has 228 valence electrons. The highest BCUT2D eigenvalue weighted by molar-refractivity contribution is 7.85. The smallest absolute Gasteiger partial charge is 0.198 e. The molecule has 0 aliphatic carbocycles. The number of hydrogen-bond acceptors (Lipinski definition) is 4. The first-order valence-electron chi connectivity index (χ1n) is 15.7. The zero-order valence-corrected chi connectivity index (χ0v) is 26.5. The maximum atomic E-state index is 14.2. The van der Waals surface area contributed by atoms with Crippen molar-refractivity contribution in [2.24, 2.45) is 0 Å². The molecule has 5 nitrogen and oxygen atoms in total. The number of benzene rings is 6. The second kappa shape index (κ2) is 11.3. The van der Waals surface area contributed by atoms with Crippen molar-refractivity contribution in [2.45, 2.75) is 9.79 Å². The Bertz CT molecular complexity index is 2500. The normalized spacial score (nSPS) is 13.4. The van der Waals surface area contributed by atoms with Gasteiger partial charge in [-0.15, -0.1) is 0 Å². The molecule has 1 aliphatic rings. The van der Waals surface area contributed by atoms with Crippen LogP contribution >= 0.6 is 0 Å². The molecule has 6 heteroatoms. The van der Waals surface area contributed by atoms with E-state index in [-0.39, 0.29) is 5.43 Å². The van der Waals surface area contributed by atoms with E-state index in [1.165, 1.54) is 0 Å². The van der Waals surface area contributed by atoms with E-state index >= 15 is 0 Å². The predicted octanol–water partition coefficient (Wildman–Crippen LogP) is 9.82. The molecule has 48 heavy (non-hydrogen) atoms. The van der Waals surface area contributed by atoms with Crippen molar-refractivity contribution in [1.82, 2.24) is 9.55 Å². The van der Waals surface area contributed by atoms with Gasteiger partial charge in [0, 0.05) is 34.8 Å². The van der Waals surface area contributed by atoms with E-state index in [1.54, 1.807) is 12.4 Å². The van der Waals surface area contributed by atoms with Crippen LogP contribution in [0.25, 0.3) is 49.7 Å². The summed E-state index contributed by atoms with van der Waals surface area (Å²) in [6, 6.07) is 51.4. The molecule has 0 radical (unpaired) electrons. The number of fused-ring (bicyclic) bond motifs is 4. The number of hydrogen-bond donors (Lipinski definition) is 0. The Kier molecular flexibility index (Phi) is 6.62. The van der Waals surface area contributed by atoms with Gasteiger partial charge in [-0.3, -0.25) is 9.78 Å². The Hall–Kier alpha value is -6.11. The second-order valence-electron chi connectivity index (χ2n) is 11.8. The quantitative estimate of drug-likeness (QED) is 0.176. The van der Waals surface area contributed by atoms with E-state index in [4.69, 9.17) is 0 Å². The number of anilines is 3. The van der Waals surface area contributed by atoms with Crippen LogP contribution in [0.5, 0.6) is 0 Å². The maximum absolute atomic E-state index is 14.2. The highest BCUT2D eigenvalue weighted by Gasteiger charge is 2.27. The third-order valence-electron chi connectivity index (χ3n) is 9.05. The molecule has 0 saturated heterocycles. The lowest BCUT2D eigenvalue weighted by Crippen LogP contribution is -2.18. The third-order valence-corrected chi connectivity index (χ3v) is 10.5. The van der Waals surface area contributed by atoms with Crippen LogP contribution in [0.3, 0.4) is 0 Å². The summed E-state index contributed by atoms with van der Waals surface area (Å²) in [5.41, 5.74) is 9.41. The Morgan fingerprint density at radius 2 is 1.06 bits per heavy atom. The molecule has 0 saturated carbocycles. The van der Waals surface area contributed by atoms with Gasteiger partial charge in [0.25, 0.3) is 0 Å². The van der Waals surface area contributed by atoms with Crippen LogP contribution in [0.2, 0.25) is 0 Å². The van der Waals surface area contributed by atoms with Gasteiger partial charge in [0.2, 0.25) is 0 Å². The van der Waals surface area contributed by atoms with Gasteiger partial charge in [-0.1, -0.05) is 97.1 Å². The molecule has 1 atom stereocenters. The number of rotatable bonds is 5. The van der Waals surface area contributed by atoms with Gasteiger partial charge in [0.1, 0.15) is 0 Å². The lowest BCUT2D eigenvalue weighted by Gasteiger charge is -2.27. The first-order chi connectivity index (χ1) is 23.7. The summed E-state index contributed by atoms with van der Waals surface area (Å²) in [6.07, 6.45) is 3.21. The highest BCUT2D eigenvalue weighted by atomic mass is 32.2. The molecule has 0 spiro atoms. The molecular formula is C42H27N3O2S. The van der Waals surface area contributed by atoms with E-state index in [2.05, 4.69) is 93.3 Å². The second-order valence-corrected chi connectivity index (χ2v) is 13.2. The van der Waals surface area contributed by atoms with Crippen LogP contribution < -0.4 is 10.3 Å². The van der Waals surface area contributed by atoms with Crippen molar-refractivity contribution in [3.8, 4) is 27.9 Å². The van der Waals surface area contributed by atoms with Crippen molar-refractivity contribution in [1.29, 1.82) is 0 Å². The molecule has 3 heterocycles. The van der Waals surface area contributed by atoms with Crippen molar-refractivity contribution < 1.29 is 4.21 Å². The summed E-state index contributed by atoms with van der Waals surface area (Å²) in [5.74, 6) is 0. The average molecular weight is 638 g/mol. The summed E-state index contributed by atoms with van der Waals surface area (Å²) >= 11 is 0. The summed E-state index contributed by atoms with van der Waals surface area (Å²) in [6.45, 7) is 0. The van der Waals surface area contributed by atoms with Gasteiger partial charge in [-0.25, -0.2) is 4.21 Å². The van der Waals surface area contributed by atoms with Gasteiger partial charge >= 0.3 is 0 Å². The number of aromatic nitrogens is 2. The van der Waals surface area contributed by atoms with Crippen LogP contribution in [-0.4, -0.2) is 13.8 Å². The van der Waals surface area contributed by atoms with Gasteiger partial charge < -0.3 is 9.47 Å². The third kappa shape index (κ3) is 4.49. The molecule has 6 aromatic carbocycles. The minimum absolute atomic E-state index is 0.136. The van der Waals surface area contributed by atoms with Crippen molar-refractivity contribution in [2.75, 3.05) is 4.90 Å². The van der Waals surface area contributed by atoms with Gasteiger partial charge in [-0.2, -0.15) is 0 Å². The highest BCUT2D eigenvalue weighted by Crippen LogP contribution is 2.40. The maximum Gasteiger partial charge on any atom is 0.198 e. The fourth-order valence-corrected chi connectivity index (χ4v) is 8.08. The average Bonchev–Trinajstić information content (AvgIpc) is 3.16. The molecule has 0 fully saturated rings. The predicted molar refractivity (Wildman–Crippen MR) is 195 cm³/mol. The summed E-state index contributed by atoms with van der Waals surface area (Å²) in [7, 11) is -1.44. The summed E-state index contributed by atoms with van der Waals surface area (Å²) in [5, 5.41) is 1.01. The minimum atomic E-state index is -1.44. The van der Waals surface area contributed by atoms with Gasteiger partial charge in [0.05, 0.1) is 42.7 Å².